The van der Waals surface area contributed by atoms with Crippen LogP contribution in [0.1, 0.15) is 37.2 Å². The molecule has 0 bridgehead atoms. The van der Waals surface area contributed by atoms with Crippen molar-refractivity contribution in [1.29, 1.82) is 0 Å². The summed E-state index contributed by atoms with van der Waals surface area (Å²) in [5, 5.41) is 0.542. The Bertz CT molecular complexity index is 508. The number of alkyl halides is 2. The zero-order valence-corrected chi connectivity index (χ0v) is 14.0. The third-order valence-electron chi connectivity index (χ3n) is 3.27. The predicted octanol–water partition coefficient (Wildman–Crippen LogP) is 1.15. The fourth-order valence-corrected chi connectivity index (χ4v) is 2.69. The maximum Gasteiger partial charge on any atom is 1.00 e. The first kappa shape index (κ1) is 17.8. The molecule has 2 rings (SSSR count). The molecule has 0 radical (unpaired) electrons. The van der Waals surface area contributed by atoms with Crippen LogP contribution in [0.3, 0.4) is 0 Å². The zero-order chi connectivity index (χ0) is 13.9. The number of benzene rings is 1. The summed E-state index contributed by atoms with van der Waals surface area (Å²) in [6.07, 6.45) is 3.59. The molecule has 1 atom stereocenters. The second kappa shape index (κ2) is 7.64. The molecule has 102 valence electrons. The average molecular weight is 308 g/mol. The second-order valence-electron chi connectivity index (χ2n) is 4.57. The van der Waals surface area contributed by atoms with Crippen molar-refractivity contribution in [3.63, 3.8) is 0 Å². The molecular formula is C14H13ClF2NNaO. The summed E-state index contributed by atoms with van der Waals surface area (Å²) >= 11 is 6.11. The van der Waals surface area contributed by atoms with Gasteiger partial charge in [0.2, 0.25) is 6.05 Å². The van der Waals surface area contributed by atoms with Gasteiger partial charge in [-0.1, -0.05) is 36.2 Å². The van der Waals surface area contributed by atoms with Gasteiger partial charge in [0.1, 0.15) is 0 Å². The third-order valence-corrected chi connectivity index (χ3v) is 3.61. The van der Waals surface area contributed by atoms with Gasteiger partial charge in [0.15, 0.2) is 0 Å². The van der Waals surface area contributed by atoms with Crippen LogP contribution < -0.4 is 29.6 Å². The number of nitrogens with zero attached hydrogens (tertiary/aromatic N) is 1. The van der Waals surface area contributed by atoms with E-state index in [2.05, 4.69) is 4.99 Å². The molecule has 0 heterocycles. The van der Waals surface area contributed by atoms with E-state index in [1.54, 1.807) is 12.1 Å². The number of hydrogen-bond donors (Lipinski definition) is 0. The monoisotopic (exact) mass is 307 g/mol. The van der Waals surface area contributed by atoms with Crippen molar-refractivity contribution >= 4 is 23.6 Å². The summed E-state index contributed by atoms with van der Waals surface area (Å²) in [7, 11) is 0. The molecule has 1 aromatic rings. The third kappa shape index (κ3) is 4.35. The fraction of sp³-hybridized carbons (Fsp3) is 0.429. The Labute approximate surface area is 143 Å². The van der Waals surface area contributed by atoms with Crippen molar-refractivity contribution in [2.75, 3.05) is 0 Å². The molecule has 0 saturated heterocycles. The summed E-state index contributed by atoms with van der Waals surface area (Å²) in [6, 6.07) is 3.40. The van der Waals surface area contributed by atoms with Crippen LogP contribution in [0.4, 0.5) is 8.78 Å². The predicted molar refractivity (Wildman–Crippen MR) is 70.7 cm³/mol. The first-order valence-electron chi connectivity index (χ1n) is 6.13. The Hall–Kier alpha value is -0.290. The van der Waals surface area contributed by atoms with Crippen LogP contribution in [-0.4, -0.2) is 18.0 Å². The van der Waals surface area contributed by atoms with Crippen LogP contribution >= 0.6 is 11.6 Å². The molecule has 0 spiro atoms. The quantitative estimate of drug-likeness (QED) is 0.468. The van der Waals surface area contributed by atoms with Gasteiger partial charge in [0.25, 0.3) is 0 Å². The molecule has 1 fully saturated rings. The number of rotatable bonds is 3. The Balaban J connectivity index is 0.00000200. The van der Waals surface area contributed by atoms with Crippen LogP contribution in [0.25, 0.3) is 0 Å². The van der Waals surface area contributed by atoms with E-state index < -0.39 is 6.05 Å². The maximum atomic E-state index is 13.1. The molecule has 1 aromatic carbocycles. The van der Waals surface area contributed by atoms with E-state index in [0.29, 0.717) is 23.4 Å². The molecule has 2 nitrogen and oxygen atoms in total. The van der Waals surface area contributed by atoms with Crippen LogP contribution in [0, 0.1) is 0 Å². The molecule has 1 aliphatic carbocycles. The SMILES string of the molecule is O=[C-]C(F)(F)/N=C1/CCCCC1c1ccccc1Cl.[Na+]. The Morgan fingerprint density at radius 3 is 2.65 bits per heavy atom. The molecule has 0 aromatic heterocycles. The number of carbonyl (C=O) groups excluding carboxylic acids is 1. The van der Waals surface area contributed by atoms with E-state index in [9.17, 15) is 13.6 Å². The van der Waals surface area contributed by atoms with Crippen LogP contribution in [0.5, 0.6) is 0 Å². The fourth-order valence-electron chi connectivity index (χ4n) is 2.43. The first-order chi connectivity index (χ1) is 9.03. The summed E-state index contributed by atoms with van der Waals surface area (Å²) < 4.78 is 26.2. The molecular weight excluding hydrogens is 295 g/mol. The molecule has 0 N–H and O–H groups in total. The number of halogens is 3. The van der Waals surface area contributed by atoms with Gasteiger partial charge in [-0.15, -0.1) is 0 Å². The van der Waals surface area contributed by atoms with Gasteiger partial charge >= 0.3 is 29.6 Å². The van der Waals surface area contributed by atoms with E-state index in [-0.39, 0.29) is 35.5 Å². The van der Waals surface area contributed by atoms with Crippen molar-refractivity contribution in [1.82, 2.24) is 0 Å². The average Bonchev–Trinajstić information content (AvgIpc) is 2.40. The minimum Gasteiger partial charge on any atom is -0.534 e. The largest absolute Gasteiger partial charge is 1.00 e. The molecule has 6 heteroatoms. The van der Waals surface area contributed by atoms with E-state index >= 15 is 0 Å². The summed E-state index contributed by atoms with van der Waals surface area (Å²) in [6.45, 7) is 0. The van der Waals surface area contributed by atoms with Crippen molar-refractivity contribution in [3.8, 4) is 0 Å². The molecule has 20 heavy (non-hydrogen) atoms. The molecule has 1 aliphatic rings. The summed E-state index contributed by atoms with van der Waals surface area (Å²) in [5.41, 5.74) is 1.14. The smallest absolute Gasteiger partial charge is 0.534 e. The number of aliphatic imine (C=N–C) groups is 1. The van der Waals surface area contributed by atoms with E-state index in [1.165, 1.54) is 0 Å². The van der Waals surface area contributed by atoms with E-state index in [0.717, 1.165) is 24.8 Å². The van der Waals surface area contributed by atoms with Gasteiger partial charge in [0.05, 0.1) is 0 Å². The normalized spacial score (nSPS) is 21.4. The van der Waals surface area contributed by atoms with Crippen LogP contribution in [0.15, 0.2) is 29.3 Å². The molecule has 1 unspecified atom stereocenters. The van der Waals surface area contributed by atoms with Gasteiger partial charge in [-0.2, -0.15) is 6.29 Å². The van der Waals surface area contributed by atoms with Gasteiger partial charge in [-0.05, 0) is 30.9 Å². The number of hydrogen-bond acceptors (Lipinski definition) is 2. The molecule has 1 saturated carbocycles. The van der Waals surface area contributed by atoms with Crippen LogP contribution in [0.2, 0.25) is 5.02 Å². The second-order valence-corrected chi connectivity index (χ2v) is 4.97. The maximum absolute atomic E-state index is 13.1. The van der Waals surface area contributed by atoms with Crippen molar-refractivity contribution < 1.29 is 43.1 Å². The van der Waals surface area contributed by atoms with Crippen molar-refractivity contribution in [2.45, 2.75) is 37.6 Å². The topological polar surface area (TPSA) is 29.4 Å². The molecule has 0 aliphatic heterocycles. The van der Waals surface area contributed by atoms with Gasteiger partial charge in [-0.3, -0.25) is 4.99 Å². The Morgan fingerprint density at radius 2 is 2.00 bits per heavy atom. The Kier molecular flexibility index (Phi) is 6.79. The van der Waals surface area contributed by atoms with Crippen molar-refractivity contribution in [3.05, 3.63) is 34.9 Å². The summed E-state index contributed by atoms with van der Waals surface area (Å²) in [4.78, 5) is 13.5. The van der Waals surface area contributed by atoms with E-state index in [1.807, 2.05) is 12.1 Å². The molecule has 0 amide bonds. The first-order valence-corrected chi connectivity index (χ1v) is 6.51. The van der Waals surface area contributed by atoms with Gasteiger partial charge < -0.3 is 4.79 Å². The minimum atomic E-state index is -3.76. The zero-order valence-electron chi connectivity index (χ0n) is 11.2. The van der Waals surface area contributed by atoms with Gasteiger partial charge in [-0.25, -0.2) is 8.78 Å². The minimum absolute atomic E-state index is 0. The van der Waals surface area contributed by atoms with Crippen molar-refractivity contribution in [2.24, 2.45) is 4.99 Å². The van der Waals surface area contributed by atoms with E-state index in [4.69, 9.17) is 11.6 Å². The Morgan fingerprint density at radius 1 is 1.30 bits per heavy atom. The standard InChI is InChI=1S/C14H13ClF2NO.Na/c15-12-7-3-1-5-10(12)11-6-2-4-8-13(11)18-14(16,17)9-19;/h1,3,5,7,11H,2,4,6,8H2;/q-1;+1/b18-13-;. The summed E-state index contributed by atoms with van der Waals surface area (Å²) in [5.74, 6) is -0.235. The van der Waals surface area contributed by atoms with Crippen LogP contribution in [-0.2, 0) is 4.79 Å². The van der Waals surface area contributed by atoms with Gasteiger partial charge in [0, 0.05) is 16.7 Å².